The maximum Gasteiger partial charge on any atom is 0.331 e. The third-order valence-electron chi connectivity index (χ3n) is 5.25. The molecule has 0 amide bonds. The van der Waals surface area contributed by atoms with Gasteiger partial charge in [0.15, 0.2) is 18.1 Å². The van der Waals surface area contributed by atoms with E-state index in [-0.39, 0.29) is 24.2 Å². The summed E-state index contributed by atoms with van der Waals surface area (Å²) >= 11 is 0. The van der Waals surface area contributed by atoms with Crippen LogP contribution in [0.1, 0.15) is 40.2 Å². The molecule has 2 aromatic rings. The van der Waals surface area contributed by atoms with Gasteiger partial charge in [0, 0.05) is 36.2 Å². The van der Waals surface area contributed by atoms with E-state index >= 15 is 0 Å². The summed E-state index contributed by atoms with van der Waals surface area (Å²) < 4.78 is 17.9. The van der Waals surface area contributed by atoms with Crippen molar-refractivity contribution >= 4 is 17.8 Å². The number of ether oxygens (including phenoxy) is 3. The van der Waals surface area contributed by atoms with Crippen molar-refractivity contribution in [3.63, 3.8) is 0 Å². The molecule has 160 valence electrons. The Bertz CT molecular complexity index is 953. The second-order valence-corrected chi connectivity index (χ2v) is 7.33. The van der Waals surface area contributed by atoms with Crippen LogP contribution >= 0.6 is 0 Å². The average Bonchev–Trinajstić information content (AvgIpc) is 3.35. The van der Waals surface area contributed by atoms with Gasteiger partial charge in [-0.05, 0) is 56.5 Å². The summed E-state index contributed by atoms with van der Waals surface area (Å²) in [7, 11) is 1.44. The topological polar surface area (TPSA) is 87.0 Å². The molecule has 1 aromatic carbocycles. The molecular weight excluding hydrogens is 386 g/mol. The van der Waals surface area contributed by atoms with E-state index in [1.807, 2.05) is 19.9 Å². The summed E-state index contributed by atoms with van der Waals surface area (Å²) in [5, 5.41) is 9.60. The lowest BCUT2D eigenvalue weighted by Crippen LogP contribution is -2.18. The molecule has 0 unspecified atom stereocenters. The second-order valence-electron chi connectivity index (χ2n) is 7.33. The smallest absolute Gasteiger partial charge is 0.331 e. The minimum atomic E-state index is -0.622. The third kappa shape index (κ3) is 5.10. The number of hydrogen-bond acceptors (Lipinski definition) is 6. The van der Waals surface area contributed by atoms with Crippen LogP contribution in [0.5, 0.6) is 11.5 Å². The lowest BCUT2D eigenvalue weighted by Gasteiger charge is -2.14. The number of aromatic hydroxyl groups is 1. The molecule has 1 atom stereocenters. The first-order valence-corrected chi connectivity index (χ1v) is 9.92. The Labute approximate surface area is 175 Å². The fourth-order valence-corrected chi connectivity index (χ4v) is 3.58. The first-order chi connectivity index (χ1) is 14.4. The van der Waals surface area contributed by atoms with Gasteiger partial charge in [-0.2, -0.15) is 0 Å². The Morgan fingerprint density at radius 1 is 1.30 bits per heavy atom. The number of ketones is 1. The fourth-order valence-electron chi connectivity index (χ4n) is 3.58. The van der Waals surface area contributed by atoms with Gasteiger partial charge in [0.25, 0.3) is 0 Å². The number of carbonyl (C=O) groups is 2. The fraction of sp³-hybridized carbons (Fsp3) is 0.391. The Morgan fingerprint density at radius 3 is 2.80 bits per heavy atom. The number of benzene rings is 1. The number of phenolic OH excluding ortho intramolecular Hbond substituents is 1. The molecule has 1 saturated heterocycles. The van der Waals surface area contributed by atoms with Crippen LogP contribution in [0, 0.1) is 13.8 Å². The summed E-state index contributed by atoms with van der Waals surface area (Å²) in [6, 6.07) is 6.53. The van der Waals surface area contributed by atoms with Crippen molar-refractivity contribution in [2.45, 2.75) is 39.3 Å². The molecule has 1 aromatic heterocycles. The summed E-state index contributed by atoms with van der Waals surface area (Å²) in [6.07, 6.45) is 5.04. The van der Waals surface area contributed by atoms with Gasteiger partial charge >= 0.3 is 5.97 Å². The quantitative estimate of drug-likeness (QED) is 0.405. The Balaban J connectivity index is 1.58. The SMILES string of the molecule is COc1cc(/C=C/C(=O)OCC(=O)c2cc(C)n(C[C@H]3CCCO3)c2C)ccc1O. The standard InChI is InChI=1S/C23H27NO6/c1-15-11-19(16(2)24(15)13-18-5-4-10-29-18)21(26)14-30-23(27)9-7-17-6-8-20(25)22(12-17)28-3/h6-9,11-12,18,25H,4-5,10,13-14H2,1-3H3/b9-7+/t18-/m1/s1. The van der Waals surface area contributed by atoms with Crippen molar-refractivity contribution in [2.75, 3.05) is 20.3 Å². The van der Waals surface area contributed by atoms with Crippen LogP contribution in [-0.4, -0.2) is 47.9 Å². The molecule has 7 nitrogen and oxygen atoms in total. The molecule has 0 spiro atoms. The lowest BCUT2D eigenvalue weighted by atomic mass is 10.1. The number of Topliss-reactive ketones (excluding diaryl/α,β-unsaturated/α-hetero) is 1. The predicted molar refractivity (Wildman–Crippen MR) is 112 cm³/mol. The molecule has 0 aliphatic carbocycles. The van der Waals surface area contributed by atoms with Crippen molar-refractivity contribution in [2.24, 2.45) is 0 Å². The average molecular weight is 413 g/mol. The number of aryl methyl sites for hydroxylation is 1. The number of hydrogen-bond donors (Lipinski definition) is 1. The maximum atomic E-state index is 12.6. The van der Waals surface area contributed by atoms with Gasteiger partial charge in [0.1, 0.15) is 0 Å². The molecule has 1 N–H and O–H groups in total. The van der Waals surface area contributed by atoms with Crippen LogP contribution in [0.25, 0.3) is 6.08 Å². The Kier molecular flexibility index (Phi) is 6.95. The van der Waals surface area contributed by atoms with Crippen LogP contribution in [0.2, 0.25) is 0 Å². The Morgan fingerprint density at radius 2 is 2.10 bits per heavy atom. The molecule has 0 bridgehead atoms. The van der Waals surface area contributed by atoms with Crippen LogP contribution < -0.4 is 4.74 Å². The summed E-state index contributed by atoms with van der Waals surface area (Å²) in [5.41, 5.74) is 3.06. The first kappa shape index (κ1) is 21.6. The zero-order valence-corrected chi connectivity index (χ0v) is 17.5. The highest BCUT2D eigenvalue weighted by molar-refractivity contribution is 6.00. The highest BCUT2D eigenvalue weighted by atomic mass is 16.5. The minimum Gasteiger partial charge on any atom is -0.504 e. The molecule has 2 heterocycles. The van der Waals surface area contributed by atoms with E-state index in [0.29, 0.717) is 16.9 Å². The molecule has 30 heavy (non-hydrogen) atoms. The van der Waals surface area contributed by atoms with Crippen molar-refractivity contribution in [1.29, 1.82) is 0 Å². The lowest BCUT2D eigenvalue weighted by molar-refractivity contribution is -0.136. The molecule has 1 aliphatic heterocycles. The van der Waals surface area contributed by atoms with E-state index < -0.39 is 5.97 Å². The van der Waals surface area contributed by atoms with Crippen LogP contribution in [-0.2, 0) is 20.8 Å². The number of methoxy groups -OCH3 is 1. The highest BCUT2D eigenvalue weighted by Crippen LogP contribution is 2.26. The first-order valence-electron chi connectivity index (χ1n) is 9.92. The number of phenols is 1. The van der Waals surface area contributed by atoms with Gasteiger partial charge in [-0.3, -0.25) is 4.79 Å². The zero-order valence-electron chi connectivity index (χ0n) is 17.5. The highest BCUT2D eigenvalue weighted by Gasteiger charge is 2.21. The third-order valence-corrected chi connectivity index (χ3v) is 5.25. The zero-order chi connectivity index (χ0) is 21.7. The predicted octanol–water partition coefficient (Wildman–Crippen LogP) is 3.44. The largest absolute Gasteiger partial charge is 0.504 e. The van der Waals surface area contributed by atoms with Gasteiger partial charge in [-0.1, -0.05) is 6.07 Å². The van der Waals surface area contributed by atoms with E-state index in [1.165, 1.54) is 25.3 Å². The van der Waals surface area contributed by atoms with E-state index in [0.717, 1.165) is 37.4 Å². The molecule has 3 rings (SSSR count). The second kappa shape index (κ2) is 9.63. The molecule has 0 radical (unpaired) electrons. The van der Waals surface area contributed by atoms with Gasteiger partial charge in [-0.25, -0.2) is 4.79 Å². The summed E-state index contributed by atoms with van der Waals surface area (Å²) in [4.78, 5) is 24.6. The van der Waals surface area contributed by atoms with Crippen molar-refractivity contribution < 1.29 is 28.9 Å². The van der Waals surface area contributed by atoms with Gasteiger partial charge in [0.05, 0.1) is 13.2 Å². The molecule has 1 aliphatic rings. The van der Waals surface area contributed by atoms with Crippen molar-refractivity contribution in [3.8, 4) is 11.5 Å². The van der Waals surface area contributed by atoms with Gasteiger partial charge in [0.2, 0.25) is 5.78 Å². The Hall–Kier alpha value is -3.06. The normalized spacial score (nSPS) is 16.2. The number of carbonyl (C=O) groups excluding carboxylic acids is 2. The van der Waals surface area contributed by atoms with Gasteiger partial charge < -0.3 is 23.9 Å². The summed E-state index contributed by atoms with van der Waals surface area (Å²) in [5.74, 6) is -0.544. The number of esters is 1. The van der Waals surface area contributed by atoms with Crippen LogP contribution in [0.3, 0.4) is 0 Å². The molecule has 0 saturated carbocycles. The van der Waals surface area contributed by atoms with Crippen molar-refractivity contribution in [3.05, 3.63) is 52.9 Å². The van der Waals surface area contributed by atoms with Crippen molar-refractivity contribution in [1.82, 2.24) is 4.57 Å². The van der Waals surface area contributed by atoms with E-state index in [4.69, 9.17) is 14.2 Å². The monoisotopic (exact) mass is 413 g/mol. The molecular formula is C23H27NO6. The number of rotatable bonds is 8. The maximum absolute atomic E-state index is 12.6. The van der Waals surface area contributed by atoms with Crippen LogP contribution in [0.4, 0.5) is 0 Å². The molecule has 1 fully saturated rings. The summed E-state index contributed by atoms with van der Waals surface area (Å²) in [6.45, 7) is 5.04. The van der Waals surface area contributed by atoms with Crippen LogP contribution in [0.15, 0.2) is 30.3 Å². The minimum absolute atomic E-state index is 0.0138. The van der Waals surface area contributed by atoms with E-state index in [1.54, 1.807) is 12.1 Å². The van der Waals surface area contributed by atoms with E-state index in [9.17, 15) is 14.7 Å². The van der Waals surface area contributed by atoms with Gasteiger partial charge in [-0.15, -0.1) is 0 Å². The number of aromatic nitrogens is 1. The number of nitrogens with zero attached hydrogens (tertiary/aromatic N) is 1. The molecule has 7 heteroatoms. The van der Waals surface area contributed by atoms with E-state index in [2.05, 4.69) is 4.57 Å².